The third-order valence-corrected chi connectivity index (χ3v) is 10.5. The van der Waals surface area contributed by atoms with Crippen molar-refractivity contribution in [3.63, 3.8) is 0 Å². The lowest BCUT2D eigenvalue weighted by Crippen LogP contribution is -2.29. The Morgan fingerprint density at radius 1 is 0.571 bits per heavy atom. The molecule has 10 aromatic rings. The second kappa shape index (κ2) is 10.9. The quantitative estimate of drug-likeness (QED) is 0.173. The number of aromatic nitrogens is 2. The Hall–Kier alpha value is -6.24. The lowest BCUT2D eigenvalue weighted by Gasteiger charge is -2.25. The minimum atomic E-state index is -0.250. The molecular weight excluding hydrogens is 626 g/mol. The van der Waals surface area contributed by atoms with Crippen molar-refractivity contribution in [1.29, 1.82) is 0 Å². The fourth-order valence-electron chi connectivity index (χ4n) is 7.09. The number of para-hydroxylation sites is 2. The minimum Gasteiger partial charge on any atom is -0.454 e. The molecular formula is C43H27FN3OS+. The number of rotatable bonds is 5. The number of fused-ring (bicyclic) bond motifs is 8. The predicted molar refractivity (Wildman–Crippen MR) is 200 cm³/mol. The summed E-state index contributed by atoms with van der Waals surface area (Å²) in [6, 6.07) is 51.3. The van der Waals surface area contributed by atoms with Crippen molar-refractivity contribution in [2.24, 2.45) is 0 Å². The van der Waals surface area contributed by atoms with Crippen LogP contribution in [0.3, 0.4) is 0 Å². The van der Waals surface area contributed by atoms with Gasteiger partial charge in [0.2, 0.25) is 5.69 Å². The number of thiophene rings is 1. The molecule has 49 heavy (non-hydrogen) atoms. The molecule has 4 heterocycles. The van der Waals surface area contributed by atoms with Gasteiger partial charge in [-0.2, -0.15) is 4.57 Å². The molecule has 6 heteroatoms. The first-order valence-corrected chi connectivity index (χ1v) is 17.0. The van der Waals surface area contributed by atoms with E-state index in [1.165, 1.54) is 21.5 Å². The molecule has 0 unspecified atom stereocenters. The number of hydrogen-bond donors (Lipinski definition) is 0. The number of pyridine rings is 1. The second-order valence-corrected chi connectivity index (χ2v) is 13.3. The number of halogens is 1. The molecule has 0 aliphatic heterocycles. The summed E-state index contributed by atoms with van der Waals surface area (Å²) in [6.07, 6.45) is 4.20. The van der Waals surface area contributed by atoms with Gasteiger partial charge >= 0.3 is 0 Å². The molecule has 232 valence electrons. The molecule has 0 saturated heterocycles. The van der Waals surface area contributed by atoms with Gasteiger partial charge in [0.1, 0.15) is 11.4 Å². The molecule has 10 rings (SSSR count). The van der Waals surface area contributed by atoms with Crippen LogP contribution in [0, 0.1) is 5.82 Å². The van der Waals surface area contributed by atoms with E-state index in [0.717, 1.165) is 72.2 Å². The van der Waals surface area contributed by atoms with Gasteiger partial charge in [0, 0.05) is 73.6 Å². The number of furan rings is 1. The van der Waals surface area contributed by atoms with Gasteiger partial charge < -0.3 is 13.9 Å². The highest BCUT2D eigenvalue weighted by atomic mass is 32.1. The van der Waals surface area contributed by atoms with Crippen molar-refractivity contribution in [3.8, 4) is 11.4 Å². The number of hydrogen-bond acceptors (Lipinski definition) is 3. The molecule has 4 nitrogen and oxygen atoms in total. The van der Waals surface area contributed by atoms with Crippen LogP contribution in [0.15, 0.2) is 168 Å². The van der Waals surface area contributed by atoms with Gasteiger partial charge in [-0.1, -0.05) is 48.5 Å². The Morgan fingerprint density at radius 3 is 2.10 bits per heavy atom. The SMILES string of the molecule is Fc1ccc(-n2c3ccccc3c3cc(N(c4cc[n+](-c5ccccc5)cc4)c4ccc5c(c4)oc4c6ccccc6sc54)ccc32)cc1. The average Bonchev–Trinajstić information content (AvgIpc) is 3.81. The zero-order chi connectivity index (χ0) is 32.5. The summed E-state index contributed by atoms with van der Waals surface area (Å²) < 4.78 is 27.2. The van der Waals surface area contributed by atoms with Crippen LogP contribution in [-0.4, -0.2) is 4.57 Å². The summed E-state index contributed by atoms with van der Waals surface area (Å²) in [7, 11) is 0. The summed E-state index contributed by atoms with van der Waals surface area (Å²) >= 11 is 1.77. The fourth-order valence-corrected chi connectivity index (χ4v) is 8.25. The lowest BCUT2D eigenvalue weighted by molar-refractivity contribution is -0.595. The molecule has 4 aromatic heterocycles. The van der Waals surface area contributed by atoms with Crippen LogP contribution in [0.1, 0.15) is 0 Å². The first-order valence-electron chi connectivity index (χ1n) is 16.2. The summed E-state index contributed by atoms with van der Waals surface area (Å²) in [5, 5.41) is 4.51. The highest BCUT2D eigenvalue weighted by Gasteiger charge is 2.21. The van der Waals surface area contributed by atoms with E-state index in [4.69, 9.17) is 4.42 Å². The number of anilines is 3. The largest absolute Gasteiger partial charge is 0.454 e. The van der Waals surface area contributed by atoms with Crippen molar-refractivity contribution < 1.29 is 13.4 Å². The second-order valence-electron chi connectivity index (χ2n) is 12.2. The Labute approximate surface area is 284 Å². The molecule has 0 fully saturated rings. The summed E-state index contributed by atoms with van der Waals surface area (Å²) in [4.78, 5) is 2.28. The molecule has 0 N–H and O–H groups in total. The molecule has 0 amide bonds. The van der Waals surface area contributed by atoms with E-state index in [9.17, 15) is 4.39 Å². The third kappa shape index (κ3) is 4.45. The Bertz CT molecular complexity index is 2830. The van der Waals surface area contributed by atoms with E-state index < -0.39 is 0 Å². The summed E-state index contributed by atoms with van der Waals surface area (Å²) in [5.74, 6) is -0.250. The molecule has 0 saturated carbocycles. The van der Waals surface area contributed by atoms with Gasteiger partial charge in [-0.25, -0.2) is 4.39 Å². The first kappa shape index (κ1) is 27.8. The Kier molecular flexibility index (Phi) is 6.19. The van der Waals surface area contributed by atoms with Gasteiger partial charge in [0.25, 0.3) is 0 Å². The van der Waals surface area contributed by atoms with Crippen molar-refractivity contribution in [2.75, 3.05) is 4.90 Å². The maximum Gasteiger partial charge on any atom is 0.210 e. The highest BCUT2D eigenvalue weighted by Crippen LogP contribution is 2.44. The van der Waals surface area contributed by atoms with Crippen LogP contribution >= 0.6 is 11.3 Å². The van der Waals surface area contributed by atoms with E-state index in [1.54, 1.807) is 11.3 Å². The van der Waals surface area contributed by atoms with Crippen molar-refractivity contribution >= 4 is 81.5 Å². The van der Waals surface area contributed by atoms with Crippen LogP contribution in [-0.2, 0) is 0 Å². The molecule has 6 aromatic carbocycles. The molecule has 0 spiro atoms. The zero-order valence-corrected chi connectivity index (χ0v) is 26.9. The van der Waals surface area contributed by atoms with E-state index >= 15 is 0 Å². The Morgan fingerprint density at radius 2 is 1.27 bits per heavy atom. The molecule has 0 radical (unpaired) electrons. The molecule has 0 atom stereocenters. The molecule has 0 aliphatic rings. The smallest absolute Gasteiger partial charge is 0.210 e. The van der Waals surface area contributed by atoms with Gasteiger partial charge in [-0.05, 0) is 72.8 Å². The van der Waals surface area contributed by atoms with Crippen LogP contribution < -0.4 is 9.47 Å². The van der Waals surface area contributed by atoms with E-state index in [-0.39, 0.29) is 5.82 Å². The van der Waals surface area contributed by atoms with E-state index in [1.807, 2.05) is 36.4 Å². The molecule has 0 bridgehead atoms. The highest BCUT2D eigenvalue weighted by molar-refractivity contribution is 7.26. The van der Waals surface area contributed by atoms with Crippen LogP contribution in [0.4, 0.5) is 21.5 Å². The van der Waals surface area contributed by atoms with Gasteiger partial charge in [-0.15, -0.1) is 11.3 Å². The van der Waals surface area contributed by atoms with Crippen molar-refractivity contribution in [3.05, 3.63) is 170 Å². The fraction of sp³-hybridized carbons (Fsp3) is 0. The van der Waals surface area contributed by atoms with Crippen molar-refractivity contribution in [1.82, 2.24) is 4.57 Å². The van der Waals surface area contributed by atoms with Crippen molar-refractivity contribution in [2.45, 2.75) is 0 Å². The molecule has 0 aliphatic carbocycles. The lowest BCUT2D eigenvalue weighted by atomic mass is 10.1. The maximum atomic E-state index is 13.9. The number of nitrogens with zero attached hydrogens (tertiary/aromatic N) is 3. The minimum absolute atomic E-state index is 0.250. The third-order valence-electron chi connectivity index (χ3n) is 9.35. The zero-order valence-electron chi connectivity index (χ0n) is 26.1. The predicted octanol–water partition coefficient (Wildman–Crippen LogP) is 11.8. The maximum absolute atomic E-state index is 13.9. The summed E-state index contributed by atoms with van der Waals surface area (Å²) in [6.45, 7) is 0. The monoisotopic (exact) mass is 652 g/mol. The topological polar surface area (TPSA) is 25.2 Å². The average molecular weight is 653 g/mol. The normalized spacial score (nSPS) is 11.8. The standard InChI is InChI=1S/C43H27FN3OS/c44-28-14-16-30(17-15-28)47-38-12-6-4-10-34(38)37-26-32(19-21-39(37)47)46(31-22-24-45(25-23-31)29-8-2-1-3-9-29)33-18-20-35-40(27-33)48-42-36-11-5-7-13-41(36)49-43(35)42/h1-27H/q+1. The van der Waals surface area contributed by atoms with Gasteiger partial charge in [-0.3, -0.25) is 0 Å². The van der Waals surface area contributed by atoms with Crippen LogP contribution in [0.5, 0.6) is 0 Å². The summed E-state index contributed by atoms with van der Waals surface area (Å²) in [5.41, 5.74) is 8.98. The van der Waals surface area contributed by atoms with Gasteiger partial charge in [0.05, 0.1) is 21.4 Å². The van der Waals surface area contributed by atoms with Gasteiger partial charge in [0.15, 0.2) is 18.0 Å². The Balaban J connectivity index is 1.17. The van der Waals surface area contributed by atoms with Crippen LogP contribution in [0.2, 0.25) is 0 Å². The number of benzene rings is 6. The first-order chi connectivity index (χ1) is 24.2. The van der Waals surface area contributed by atoms with Crippen LogP contribution in [0.25, 0.3) is 64.5 Å². The van der Waals surface area contributed by atoms with E-state index in [0.29, 0.717) is 0 Å². The van der Waals surface area contributed by atoms with E-state index in [2.05, 4.69) is 130 Å².